The van der Waals surface area contributed by atoms with Gasteiger partial charge in [-0.1, -0.05) is 37.3 Å². The Morgan fingerprint density at radius 3 is 2.55 bits per heavy atom. The zero-order chi connectivity index (χ0) is 14.5. The van der Waals surface area contributed by atoms with Gasteiger partial charge in [-0.05, 0) is 17.7 Å². The highest BCUT2D eigenvalue weighted by molar-refractivity contribution is 7.15. The predicted octanol–water partition coefficient (Wildman–Crippen LogP) is 3.06. The molecule has 1 N–H and O–H groups in total. The number of nitrogens with one attached hydrogen (secondary N) is 1. The first-order valence-electron chi connectivity index (χ1n) is 6.32. The Labute approximate surface area is 122 Å². The molecule has 0 aliphatic heterocycles. The van der Waals surface area contributed by atoms with E-state index in [1.165, 1.54) is 11.3 Å². The van der Waals surface area contributed by atoms with Crippen LogP contribution in [0.4, 0.5) is 5.13 Å². The van der Waals surface area contributed by atoms with Crippen molar-refractivity contribution in [3.63, 3.8) is 0 Å². The van der Waals surface area contributed by atoms with Crippen molar-refractivity contribution < 1.29 is 9.53 Å². The van der Waals surface area contributed by atoms with Crippen molar-refractivity contribution in [3.05, 3.63) is 40.4 Å². The Kier molecular flexibility index (Phi) is 4.81. The summed E-state index contributed by atoms with van der Waals surface area (Å²) in [7, 11) is 1.64. The molecule has 1 heterocycles. The summed E-state index contributed by atoms with van der Waals surface area (Å²) >= 11 is 1.40. The first-order valence-corrected chi connectivity index (χ1v) is 7.14. The van der Waals surface area contributed by atoms with Gasteiger partial charge in [0, 0.05) is 18.6 Å². The lowest BCUT2D eigenvalue weighted by Gasteiger charge is -2.03. The molecule has 0 aliphatic rings. The molecule has 106 valence electrons. The van der Waals surface area contributed by atoms with Crippen molar-refractivity contribution in [1.29, 1.82) is 0 Å². The van der Waals surface area contributed by atoms with E-state index in [9.17, 15) is 4.79 Å². The number of anilines is 1. The minimum Gasteiger partial charge on any atom is -0.380 e. The highest BCUT2D eigenvalue weighted by atomic mass is 32.1. The molecule has 2 rings (SSSR count). The van der Waals surface area contributed by atoms with E-state index < -0.39 is 0 Å². The van der Waals surface area contributed by atoms with Crippen LogP contribution < -0.4 is 5.32 Å². The third kappa shape index (κ3) is 3.61. The van der Waals surface area contributed by atoms with Crippen LogP contribution in [0.5, 0.6) is 0 Å². The quantitative estimate of drug-likeness (QED) is 0.919. The van der Waals surface area contributed by atoms with Crippen LogP contribution in [0, 0.1) is 0 Å². The first-order chi connectivity index (χ1) is 9.60. The fourth-order valence-corrected chi connectivity index (χ4v) is 2.35. The second-order valence-corrected chi connectivity index (χ2v) is 5.69. The molecule has 0 atom stereocenters. The van der Waals surface area contributed by atoms with Crippen molar-refractivity contribution in [2.75, 3.05) is 12.4 Å². The fourth-order valence-electron chi connectivity index (χ4n) is 1.61. The zero-order valence-corrected chi connectivity index (χ0v) is 12.5. The molecule has 20 heavy (non-hydrogen) atoms. The number of carbonyl (C=O) groups excluding carboxylic acids is 1. The molecule has 0 saturated carbocycles. The molecule has 0 radical (unpaired) electrons. The number of aromatic nitrogens is 2. The van der Waals surface area contributed by atoms with E-state index in [4.69, 9.17) is 4.74 Å². The van der Waals surface area contributed by atoms with Crippen LogP contribution in [0.15, 0.2) is 24.3 Å². The van der Waals surface area contributed by atoms with Crippen LogP contribution in [0.1, 0.15) is 40.7 Å². The monoisotopic (exact) mass is 291 g/mol. The van der Waals surface area contributed by atoms with Crippen LogP contribution in [0.2, 0.25) is 0 Å². The Hall–Kier alpha value is -1.79. The molecule has 0 fully saturated rings. The average molecular weight is 291 g/mol. The molecule has 0 saturated heterocycles. The van der Waals surface area contributed by atoms with Gasteiger partial charge in [0.05, 0.1) is 6.61 Å². The Morgan fingerprint density at radius 2 is 2.00 bits per heavy atom. The van der Waals surface area contributed by atoms with Gasteiger partial charge in [-0.3, -0.25) is 10.1 Å². The second kappa shape index (κ2) is 6.58. The van der Waals surface area contributed by atoms with Gasteiger partial charge in [0.2, 0.25) is 5.13 Å². The summed E-state index contributed by atoms with van der Waals surface area (Å²) in [6.45, 7) is 4.62. The molecule has 0 bridgehead atoms. The highest BCUT2D eigenvalue weighted by Gasteiger charge is 2.11. The van der Waals surface area contributed by atoms with E-state index in [0.717, 1.165) is 10.6 Å². The van der Waals surface area contributed by atoms with Crippen LogP contribution in [0.3, 0.4) is 0 Å². The summed E-state index contributed by atoms with van der Waals surface area (Å²) < 4.78 is 5.03. The SMILES string of the molecule is COCc1ccc(C(=O)Nc2nnc(C(C)C)s2)cc1. The summed E-state index contributed by atoms with van der Waals surface area (Å²) in [5.41, 5.74) is 1.62. The van der Waals surface area contributed by atoms with E-state index in [-0.39, 0.29) is 5.91 Å². The first kappa shape index (κ1) is 14.6. The number of ether oxygens (including phenoxy) is 1. The Morgan fingerprint density at radius 1 is 1.30 bits per heavy atom. The Balaban J connectivity index is 2.03. The highest BCUT2D eigenvalue weighted by Crippen LogP contribution is 2.22. The number of rotatable bonds is 5. The maximum absolute atomic E-state index is 12.1. The number of nitrogens with zero attached hydrogens (tertiary/aromatic N) is 2. The number of hydrogen-bond donors (Lipinski definition) is 1. The van der Waals surface area contributed by atoms with Gasteiger partial charge in [-0.15, -0.1) is 10.2 Å². The van der Waals surface area contributed by atoms with E-state index in [1.54, 1.807) is 19.2 Å². The third-order valence-corrected chi connectivity index (χ3v) is 3.82. The van der Waals surface area contributed by atoms with Crippen molar-refractivity contribution in [3.8, 4) is 0 Å². The summed E-state index contributed by atoms with van der Waals surface area (Å²) in [5.74, 6) is 0.131. The number of benzene rings is 1. The standard InChI is InChI=1S/C14H17N3O2S/c1-9(2)13-16-17-14(20-13)15-12(18)11-6-4-10(5-7-11)8-19-3/h4-7,9H,8H2,1-3H3,(H,15,17,18). The Bertz CT molecular complexity index is 578. The summed E-state index contributed by atoms with van der Waals surface area (Å²) in [4.78, 5) is 12.1. The predicted molar refractivity (Wildman–Crippen MR) is 79.1 cm³/mol. The van der Waals surface area contributed by atoms with Crippen molar-refractivity contribution >= 4 is 22.4 Å². The molecule has 0 spiro atoms. The molecule has 1 amide bonds. The zero-order valence-electron chi connectivity index (χ0n) is 11.7. The van der Waals surface area contributed by atoms with Crippen molar-refractivity contribution in [2.24, 2.45) is 0 Å². The lowest BCUT2D eigenvalue weighted by molar-refractivity contribution is 0.102. The molecule has 5 nitrogen and oxygen atoms in total. The molecule has 0 unspecified atom stereocenters. The normalized spacial score (nSPS) is 10.8. The van der Waals surface area contributed by atoms with Gasteiger partial charge in [0.25, 0.3) is 5.91 Å². The maximum Gasteiger partial charge on any atom is 0.257 e. The van der Waals surface area contributed by atoms with E-state index in [0.29, 0.717) is 23.2 Å². The van der Waals surface area contributed by atoms with Gasteiger partial charge >= 0.3 is 0 Å². The number of hydrogen-bond acceptors (Lipinski definition) is 5. The van der Waals surface area contributed by atoms with Crippen molar-refractivity contribution in [2.45, 2.75) is 26.4 Å². The van der Waals surface area contributed by atoms with E-state index >= 15 is 0 Å². The van der Waals surface area contributed by atoms with Crippen LogP contribution in [0.25, 0.3) is 0 Å². The lowest BCUT2D eigenvalue weighted by atomic mass is 10.1. The van der Waals surface area contributed by atoms with E-state index in [2.05, 4.69) is 15.5 Å². The minimum atomic E-state index is -0.180. The molecule has 6 heteroatoms. The topological polar surface area (TPSA) is 64.1 Å². The van der Waals surface area contributed by atoms with E-state index in [1.807, 2.05) is 26.0 Å². The summed E-state index contributed by atoms with van der Waals surface area (Å²) in [5, 5.41) is 12.2. The number of amides is 1. The largest absolute Gasteiger partial charge is 0.380 e. The molecule has 0 aliphatic carbocycles. The molecule has 1 aromatic heterocycles. The third-order valence-electron chi connectivity index (χ3n) is 2.68. The maximum atomic E-state index is 12.1. The second-order valence-electron chi connectivity index (χ2n) is 4.68. The number of carbonyl (C=O) groups is 1. The smallest absolute Gasteiger partial charge is 0.257 e. The summed E-state index contributed by atoms with van der Waals surface area (Å²) in [6, 6.07) is 7.29. The van der Waals surface area contributed by atoms with Gasteiger partial charge < -0.3 is 4.74 Å². The average Bonchev–Trinajstić information content (AvgIpc) is 2.88. The molecular formula is C14H17N3O2S. The van der Waals surface area contributed by atoms with Gasteiger partial charge in [0.15, 0.2) is 0 Å². The van der Waals surface area contributed by atoms with Gasteiger partial charge in [-0.2, -0.15) is 0 Å². The fraction of sp³-hybridized carbons (Fsp3) is 0.357. The van der Waals surface area contributed by atoms with Gasteiger partial charge in [0.1, 0.15) is 5.01 Å². The molecular weight excluding hydrogens is 274 g/mol. The number of methoxy groups -OCH3 is 1. The minimum absolute atomic E-state index is 0.180. The summed E-state index contributed by atoms with van der Waals surface area (Å²) in [6.07, 6.45) is 0. The van der Waals surface area contributed by atoms with Crippen LogP contribution in [-0.2, 0) is 11.3 Å². The van der Waals surface area contributed by atoms with Crippen LogP contribution >= 0.6 is 11.3 Å². The molecule has 2 aromatic rings. The van der Waals surface area contributed by atoms with Crippen molar-refractivity contribution in [1.82, 2.24) is 10.2 Å². The van der Waals surface area contributed by atoms with Crippen LogP contribution in [-0.4, -0.2) is 23.2 Å². The lowest BCUT2D eigenvalue weighted by Crippen LogP contribution is -2.11. The molecule has 1 aromatic carbocycles. The van der Waals surface area contributed by atoms with Gasteiger partial charge in [-0.25, -0.2) is 0 Å².